The van der Waals surface area contributed by atoms with E-state index in [1.54, 1.807) is 37.3 Å². The van der Waals surface area contributed by atoms with Crippen molar-refractivity contribution in [2.45, 2.75) is 20.8 Å². The molecule has 6 heteroatoms. The third kappa shape index (κ3) is 4.11. The molecule has 0 unspecified atom stereocenters. The van der Waals surface area contributed by atoms with Crippen LogP contribution in [0.25, 0.3) is 6.08 Å². The van der Waals surface area contributed by atoms with Crippen molar-refractivity contribution in [2.75, 3.05) is 18.0 Å². The summed E-state index contributed by atoms with van der Waals surface area (Å²) in [6, 6.07) is 14.8. The van der Waals surface area contributed by atoms with Crippen molar-refractivity contribution in [1.29, 1.82) is 0 Å². The highest BCUT2D eigenvalue weighted by Gasteiger charge is 2.30. The van der Waals surface area contributed by atoms with E-state index in [2.05, 4.69) is 18.7 Å². The number of thiophene rings is 1. The lowest BCUT2D eigenvalue weighted by atomic mass is 10.1. The van der Waals surface area contributed by atoms with Gasteiger partial charge in [0.2, 0.25) is 5.78 Å². The first-order valence-electron chi connectivity index (χ1n) is 10.2. The van der Waals surface area contributed by atoms with Gasteiger partial charge in [-0.25, -0.2) is 4.79 Å². The number of ketones is 1. The Labute approximate surface area is 185 Å². The Morgan fingerprint density at radius 1 is 1.10 bits per heavy atom. The molecule has 158 valence electrons. The average molecular weight is 434 g/mol. The number of fused-ring (bicyclic) bond motifs is 1. The first-order chi connectivity index (χ1) is 15.0. The van der Waals surface area contributed by atoms with Crippen LogP contribution in [-0.2, 0) is 0 Å². The number of ether oxygens (including phenoxy) is 2. The molecular weight excluding hydrogens is 410 g/mol. The van der Waals surface area contributed by atoms with E-state index < -0.39 is 5.97 Å². The van der Waals surface area contributed by atoms with Gasteiger partial charge in [0, 0.05) is 24.3 Å². The Kier molecular flexibility index (Phi) is 5.91. The van der Waals surface area contributed by atoms with Crippen molar-refractivity contribution in [3.05, 3.63) is 81.2 Å². The lowest BCUT2D eigenvalue weighted by Gasteiger charge is -2.20. The van der Waals surface area contributed by atoms with Crippen molar-refractivity contribution in [2.24, 2.45) is 0 Å². The third-order valence-electron chi connectivity index (χ3n) is 5.28. The molecule has 31 heavy (non-hydrogen) atoms. The summed E-state index contributed by atoms with van der Waals surface area (Å²) in [5.74, 6) is 0.478. The molecule has 0 atom stereocenters. The minimum absolute atomic E-state index is 0.179. The van der Waals surface area contributed by atoms with Crippen LogP contribution in [0.15, 0.2) is 59.7 Å². The highest BCUT2D eigenvalue weighted by Crippen LogP contribution is 2.39. The van der Waals surface area contributed by atoms with Gasteiger partial charge in [0.05, 0.1) is 5.56 Å². The van der Waals surface area contributed by atoms with Crippen molar-refractivity contribution < 1.29 is 19.1 Å². The fourth-order valence-electron chi connectivity index (χ4n) is 3.54. The van der Waals surface area contributed by atoms with Crippen molar-refractivity contribution in [3.8, 4) is 11.5 Å². The van der Waals surface area contributed by atoms with E-state index in [1.807, 2.05) is 29.6 Å². The van der Waals surface area contributed by atoms with Crippen LogP contribution in [0.1, 0.15) is 45.0 Å². The molecule has 0 saturated carbocycles. The molecule has 2 aromatic carbocycles. The zero-order chi connectivity index (χ0) is 22.0. The predicted molar refractivity (Wildman–Crippen MR) is 123 cm³/mol. The number of allylic oxidation sites excluding steroid dienone is 1. The summed E-state index contributed by atoms with van der Waals surface area (Å²) in [4.78, 5) is 27.9. The number of carbonyl (C=O) groups excluding carboxylic acids is 2. The fraction of sp³-hybridized carbons (Fsp3) is 0.200. The number of hydrogen-bond donors (Lipinski definition) is 0. The Bertz CT molecular complexity index is 1140. The number of esters is 1. The molecule has 0 aliphatic carbocycles. The van der Waals surface area contributed by atoms with Gasteiger partial charge >= 0.3 is 5.97 Å². The summed E-state index contributed by atoms with van der Waals surface area (Å²) in [6.07, 6.45) is 1.74. The number of Topliss-reactive ketones (excluding diaryl/α,β-unsaturated/α-hetero) is 1. The van der Waals surface area contributed by atoms with Crippen molar-refractivity contribution >= 4 is 34.9 Å². The number of benzene rings is 2. The minimum Gasteiger partial charge on any atom is -0.452 e. The Hall–Kier alpha value is -3.38. The maximum atomic E-state index is 12.8. The van der Waals surface area contributed by atoms with Gasteiger partial charge in [-0.15, -0.1) is 11.3 Å². The Morgan fingerprint density at radius 3 is 2.48 bits per heavy atom. The quantitative estimate of drug-likeness (QED) is 0.282. The third-order valence-corrected chi connectivity index (χ3v) is 6.13. The molecule has 2 heterocycles. The number of hydrogen-bond acceptors (Lipinski definition) is 6. The van der Waals surface area contributed by atoms with Crippen molar-refractivity contribution in [1.82, 2.24) is 0 Å². The summed E-state index contributed by atoms with van der Waals surface area (Å²) in [6.45, 7) is 7.90. The molecule has 0 amide bonds. The SMILES string of the molecule is CCN(CC)c1ccc(/C=C2\Oc3c(ccc(OC(=O)c4cccs4)c3C)C2=O)cc1. The van der Waals surface area contributed by atoms with Gasteiger partial charge in [-0.1, -0.05) is 18.2 Å². The van der Waals surface area contributed by atoms with Crippen LogP contribution in [-0.4, -0.2) is 24.8 Å². The molecule has 0 bridgehead atoms. The maximum Gasteiger partial charge on any atom is 0.353 e. The molecule has 4 rings (SSSR count). The van der Waals surface area contributed by atoms with Crippen LogP contribution >= 0.6 is 11.3 Å². The van der Waals surface area contributed by atoms with E-state index in [0.29, 0.717) is 27.5 Å². The van der Waals surface area contributed by atoms with Gasteiger partial charge in [0.25, 0.3) is 0 Å². The first kappa shape index (κ1) is 20.9. The lowest BCUT2D eigenvalue weighted by Crippen LogP contribution is -2.21. The van der Waals surface area contributed by atoms with Gasteiger partial charge < -0.3 is 14.4 Å². The van der Waals surface area contributed by atoms with Gasteiger partial charge in [0.15, 0.2) is 5.76 Å². The molecule has 0 spiro atoms. The number of nitrogens with zero attached hydrogens (tertiary/aromatic N) is 1. The standard InChI is InChI=1S/C25H23NO4S/c1-4-26(5-2)18-10-8-17(9-11-18)15-21-23(27)19-12-13-20(16(3)24(19)29-21)30-25(28)22-7-6-14-31-22/h6-15H,4-5H2,1-3H3/b21-15-. The molecule has 3 aromatic rings. The second kappa shape index (κ2) is 8.78. The topological polar surface area (TPSA) is 55.8 Å². The highest BCUT2D eigenvalue weighted by molar-refractivity contribution is 7.12. The molecule has 0 saturated heterocycles. The lowest BCUT2D eigenvalue weighted by molar-refractivity contribution is 0.0738. The molecular formula is C25H23NO4S. The minimum atomic E-state index is -0.425. The molecule has 0 fully saturated rings. The number of carbonyl (C=O) groups is 2. The van der Waals surface area contributed by atoms with E-state index in [0.717, 1.165) is 24.3 Å². The van der Waals surface area contributed by atoms with Crippen LogP contribution < -0.4 is 14.4 Å². The van der Waals surface area contributed by atoms with E-state index in [-0.39, 0.29) is 11.5 Å². The average Bonchev–Trinajstić information content (AvgIpc) is 3.42. The molecule has 5 nitrogen and oxygen atoms in total. The number of anilines is 1. The summed E-state index contributed by atoms with van der Waals surface area (Å²) in [5.41, 5.74) is 3.12. The smallest absolute Gasteiger partial charge is 0.353 e. The molecule has 1 aliphatic heterocycles. The summed E-state index contributed by atoms with van der Waals surface area (Å²) >= 11 is 1.32. The van der Waals surface area contributed by atoms with Crippen molar-refractivity contribution in [3.63, 3.8) is 0 Å². The van der Waals surface area contributed by atoms with Crippen LogP contribution in [0.2, 0.25) is 0 Å². The van der Waals surface area contributed by atoms with Crippen LogP contribution in [0.5, 0.6) is 11.5 Å². The highest BCUT2D eigenvalue weighted by atomic mass is 32.1. The zero-order valence-electron chi connectivity index (χ0n) is 17.7. The fourth-order valence-corrected chi connectivity index (χ4v) is 4.14. The largest absolute Gasteiger partial charge is 0.452 e. The van der Waals surface area contributed by atoms with E-state index in [1.165, 1.54) is 11.3 Å². The Balaban J connectivity index is 1.56. The van der Waals surface area contributed by atoms with Crippen LogP contribution in [0.3, 0.4) is 0 Å². The summed E-state index contributed by atoms with van der Waals surface area (Å²) < 4.78 is 11.4. The van der Waals surface area contributed by atoms with E-state index in [4.69, 9.17) is 9.47 Å². The number of rotatable bonds is 6. The Morgan fingerprint density at radius 2 is 1.84 bits per heavy atom. The predicted octanol–water partition coefficient (Wildman–Crippen LogP) is 5.74. The summed E-state index contributed by atoms with van der Waals surface area (Å²) in [5, 5.41) is 1.82. The van der Waals surface area contributed by atoms with Crippen LogP contribution in [0.4, 0.5) is 5.69 Å². The second-order valence-electron chi connectivity index (χ2n) is 7.14. The van der Waals surface area contributed by atoms with Gasteiger partial charge in [-0.05, 0) is 68.1 Å². The zero-order valence-corrected chi connectivity index (χ0v) is 18.5. The van der Waals surface area contributed by atoms with Gasteiger partial charge in [-0.3, -0.25) is 4.79 Å². The van der Waals surface area contributed by atoms with E-state index in [9.17, 15) is 9.59 Å². The molecule has 1 aliphatic rings. The first-order valence-corrected chi connectivity index (χ1v) is 11.1. The van der Waals surface area contributed by atoms with Crippen LogP contribution in [0, 0.1) is 6.92 Å². The maximum absolute atomic E-state index is 12.8. The second-order valence-corrected chi connectivity index (χ2v) is 8.08. The monoisotopic (exact) mass is 433 g/mol. The van der Waals surface area contributed by atoms with E-state index >= 15 is 0 Å². The van der Waals surface area contributed by atoms with Gasteiger partial charge in [-0.2, -0.15) is 0 Å². The normalized spacial score (nSPS) is 13.8. The van der Waals surface area contributed by atoms with Gasteiger partial charge in [0.1, 0.15) is 16.4 Å². The molecule has 0 radical (unpaired) electrons. The molecule has 1 aromatic heterocycles. The molecule has 0 N–H and O–H groups in total. The summed E-state index contributed by atoms with van der Waals surface area (Å²) in [7, 11) is 0.